The Kier molecular flexibility index (Phi) is 4.52. The van der Waals surface area contributed by atoms with Gasteiger partial charge in [0.1, 0.15) is 0 Å². The fourth-order valence-corrected chi connectivity index (χ4v) is 3.02. The van der Waals surface area contributed by atoms with Gasteiger partial charge in [-0.15, -0.1) is 0 Å². The lowest BCUT2D eigenvalue weighted by Crippen LogP contribution is -2.28. The van der Waals surface area contributed by atoms with Crippen LogP contribution in [0.1, 0.15) is 23.1 Å². The number of likely N-dealkylation sites (N-methyl/N-ethyl adjacent to an activating group) is 1. The molecule has 0 bridgehead atoms. The van der Waals surface area contributed by atoms with E-state index in [4.69, 9.17) is 5.73 Å². The van der Waals surface area contributed by atoms with Gasteiger partial charge in [-0.25, -0.2) is 0 Å². The van der Waals surface area contributed by atoms with E-state index >= 15 is 0 Å². The van der Waals surface area contributed by atoms with Crippen LogP contribution in [0.3, 0.4) is 0 Å². The van der Waals surface area contributed by atoms with Crippen LogP contribution < -0.4 is 11.1 Å². The van der Waals surface area contributed by atoms with E-state index < -0.39 is 0 Å². The molecule has 2 nitrogen and oxygen atoms in total. The monoisotopic (exact) mass is 290 g/mol. The second-order valence-corrected chi connectivity index (χ2v) is 5.71. The average Bonchev–Trinajstić information content (AvgIpc) is 2.59. The first kappa shape index (κ1) is 14.8. The Morgan fingerprint density at radius 1 is 0.818 bits per heavy atom. The summed E-state index contributed by atoms with van der Waals surface area (Å²) >= 11 is 0. The summed E-state index contributed by atoms with van der Waals surface area (Å²) in [5.41, 5.74) is 9.02. The molecule has 22 heavy (non-hydrogen) atoms. The van der Waals surface area contributed by atoms with Crippen LogP contribution >= 0.6 is 0 Å². The van der Waals surface area contributed by atoms with E-state index in [1.165, 1.54) is 21.9 Å². The maximum absolute atomic E-state index is 6.56. The topological polar surface area (TPSA) is 38.0 Å². The summed E-state index contributed by atoms with van der Waals surface area (Å²) < 4.78 is 0. The lowest BCUT2D eigenvalue weighted by Gasteiger charge is -2.25. The normalized spacial score (nSPS) is 13.9. The maximum atomic E-state index is 6.56. The highest BCUT2D eigenvalue weighted by Gasteiger charge is 2.20. The van der Waals surface area contributed by atoms with Crippen molar-refractivity contribution in [2.75, 3.05) is 13.6 Å². The van der Waals surface area contributed by atoms with Crippen LogP contribution in [0.2, 0.25) is 0 Å². The molecule has 0 aliphatic carbocycles. The molecule has 0 spiro atoms. The van der Waals surface area contributed by atoms with E-state index in [-0.39, 0.29) is 12.0 Å². The summed E-state index contributed by atoms with van der Waals surface area (Å²) in [6.07, 6.45) is 0. The Morgan fingerprint density at radius 2 is 1.50 bits per heavy atom. The Labute approximate surface area is 132 Å². The fraction of sp³-hybridized carbons (Fsp3) is 0.200. The van der Waals surface area contributed by atoms with Crippen molar-refractivity contribution in [1.82, 2.24) is 5.32 Å². The van der Waals surface area contributed by atoms with Gasteiger partial charge in [0.05, 0.1) is 0 Å². The summed E-state index contributed by atoms with van der Waals surface area (Å²) in [5.74, 6) is 0.247. The molecule has 3 aromatic carbocycles. The molecule has 0 aliphatic rings. The Bertz CT molecular complexity index is 737. The molecule has 0 aromatic heterocycles. The van der Waals surface area contributed by atoms with Gasteiger partial charge in [-0.2, -0.15) is 0 Å². The molecule has 0 aliphatic heterocycles. The highest BCUT2D eigenvalue weighted by atomic mass is 14.8. The standard InChI is InChI=1S/C20H22N2/c1-22-14-19(20(21)16-8-3-2-4-9-16)18-12-11-15-7-5-6-10-17(15)13-18/h2-13,19-20,22H,14,21H2,1H3/t19-,20-/m0/s1. The van der Waals surface area contributed by atoms with E-state index in [1.807, 2.05) is 25.2 Å². The first-order valence-corrected chi connectivity index (χ1v) is 7.73. The van der Waals surface area contributed by atoms with Crippen LogP contribution in [0.4, 0.5) is 0 Å². The molecule has 3 N–H and O–H groups in total. The lowest BCUT2D eigenvalue weighted by molar-refractivity contribution is 0.527. The number of hydrogen-bond donors (Lipinski definition) is 2. The zero-order valence-corrected chi connectivity index (χ0v) is 12.9. The van der Waals surface area contributed by atoms with Gasteiger partial charge in [-0.1, -0.05) is 72.8 Å². The summed E-state index contributed by atoms with van der Waals surface area (Å²) in [6, 6.07) is 25.4. The van der Waals surface area contributed by atoms with Gasteiger partial charge < -0.3 is 11.1 Å². The Hall–Kier alpha value is -2.16. The van der Waals surface area contributed by atoms with Gasteiger partial charge in [0.25, 0.3) is 0 Å². The minimum atomic E-state index is -0.0187. The van der Waals surface area contributed by atoms with Crippen molar-refractivity contribution in [3.63, 3.8) is 0 Å². The molecule has 0 saturated carbocycles. The highest BCUT2D eigenvalue weighted by molar-refractivity contribution is 5.83. The second kappa shape index (κ2) is 6.73. The molecular formula is C20H22N2. The molecule has 0 heterocycles. The number of benzene rings is 3. The molecule has 2 heteroatoms. The molecule has 0 radical (unpaired) electrons. The molecule has 0 unspecified atom stereocenters. The molecule has 0 amide bonds. The van der Waals surface area contributed by atoms with Crippen molar-refractivity contribution in [1.29, 1.82) is 0 Å². The minimum Gasteiger partial charge on any atom is -0.323 e. The van der Waals surface area contributed by atoms with E-state index in [2.05, 4.69) is 59.9 Å². The third-order valence-electron chi connectivity index (χ3n) is 4.24. The number of nitrogens with one attached hydrogen (secondary N) is 1. The van der Waals surface area contributed by atoms with Crippen LogP contribution in [0, 0.1) is 0 Å². The van der Waals surface area contributed by atoms with Crippen LogP contribution in [-0.2, 0) is 0 Å². The van der Waals surface area contributed by atoms with Crippen LogP contribution in [-0.4, -0.2) is 13.6 Å². The quantitative estimate of drug-likeness (QED) is 0.749. The zero-order chi connectivity index (χ0) is 15.4. The van der Waals surface area contributed by atoms with Gasteiger partial charge in [0.2, 0.25) is 0 Å². The van der Waals surface area contributed by atoms with E-state index in [0.717, 1.165) is 6.54 Å². The predicted octanol–water partition coefficient (Wildman–Crippen LogP) is 3.84. The second-order valence-electron chi connectivity index (χ2n) is 5.71. The molecule has 0 saturated heterocycles. The Balaban J connectivity index is 1.98. The molecule has 2 atom stereocenters. The van der Waals surface area contributed by atoms with Crippen molar-refractivity contribution in [2.24, 2.45) is 5.73 Å². The lowest BCUT2D eigenvalue weighted by atomic mass is 9.86. The van der Waals surface area contributed by atoms with Crippen molar-refractivity contribution >= 4 is 10.8 Å². The SMILES string of the molecule is CNC[C@@H](c1ccc2ccccc2c1)[C@@H](N)c1ccccc1. The number of fused-ring (bicyclic) bond motifs is 1. The maximum Gasteiger partial charge on any atom is 0.0376 e. The molecule has 0 fully saturated rings. The Morgan fingerprint density at radius 3 is 2.23 bits per heavy atom. The van der Waals surface area contributed by atoms with Crippen molar-refractivity contribution in [3.8, 4) is 0 Å². The van der Waals surface area contributed by atoms with Crippen LogP contribution in [0.5, 0.6) is 0 Å². The largest absolute Gasteiger partial charge is 0.323 e. The predicted molar refractivity (Wildman–Crippen MR) is 94.0 cm³/mol. The zero-order valence-electron chi connectivity index (χ0n) is 12.9. The van der Waals surface area contributed by atoms with Crippen molar-refractivity contribution in [3.05, 3.63) is 83.9 Å². The first-order valence-electron chi connectivity index (χ1n) is 7.73. The minimum absolute atomic E-state index is 0.0187. The summed E-state index contributed by atoms with van der Waals surface area (Å²) in [4.78, 5) is 0. The number of hydrogen-bond acceptors (Lipinski definition) is 2. The van der Waals surface area contributed by atoms with Gasteiger partial charge >= 0.3 is 0 Å². The van der Waals surface area contributed by atoms with E-state index in [0.29, 0.717) is 0 Å². The summed E-state index contributed by atoms with van der Waals surface area (Å²) in [7, 11) is 1.98. The van der Waals surface area contributed by atoms with E-state index in [9.17, 15) is 0 Å². The van der Waals surface area contributed by atoms with Crippen molar-refractivity contribution in [2.45, 2.75) is 12.0 Å². The highest BCUT2D eigenvalue weighted by Crippen LogP contribution is 2.30. The molecule has 3 rings (SSSR count). The fourth-order valence-electron chi connectivity index (χ4n) is 3.02. The van der Waals surface area contributed by atoms with Gasteiger partial charge in [-0.05, 0) is 28.9 Å². The summed E-state index contributed by atoms with van der Waals surface area (Å²) in [5, 5.41) is 5.82. The third kappa shape index (κ3) is 3.03. The number of nitrogens with two attached hydrogens (primary N) is 1. The molecule has 112 valence electrons. The van der Waals surface area contributed by atoms with Gasteiger partial charge in [0.15, 0.2) is 0 Å². The summed E-state index contributed by atoms with van der Waals surface area (Å²) in [6.45, 7) is 0.856. The van der Waals surface area contributed by atoms with E-state index in [1.54, 1.807) is 0 Å². The molecule has 3 aromatic rings. The average molecular weight is 290 g/mol. The number of rotatable bonds is 5. The van der Waals surface area contributed by atoms with Crippen LogP contribution in [0.15, 0.2) is 72.8 Å². The smallest absolute Gasteiger partial charge is 0.0376 e. The van der Waals surface area contributed by atoms with Gasteiger partial charge in [0, 0.05) is 18.5 Å². The third-order valence-corrected chi connectivity index (χ3v) is 4.24. The first-order chi connectivity index (χ1) is 10.8. The van der Waals surface area contributed by atoms with Crippen LogP contribution in [0.25, 0.3) is 10.8 Å². The van der Waals surface area contributed by atoms with Crippen molar-refractivity contribution < 1.29 is 0 Å². The van der Waals surface area contributed by atoms with Gasteiger partial charge in [-0.3, -0.25) is 0 Å². The molecular weight excluding hydrogens is 268 g/mol.